The molecule has 0 aromatic rings. The number of alkyl halides is 3. The van der Waals surface area contributed by atoms with Crippen molar-refractivity contribution in [3.63, 3.8) is 0 Å². The summed E-state index contributed by atoms with van der Waals surface area (Å²) in [7, 11) is 0. The van der Waals surface area contributed by atoms with Gasteiger partial charge in [-0.3, -0.25) is 4.79 Å². The highest BCUT2D eigenvalue weighted by Crippen LogP contribution is 2.33. The van der Waals surface area contributed by atoms with Crippen LogP contribution in [0.1, 0.15) is 34.1 Å². The number of Topliss-reactive ketones (excluding diaryl/α,β-unsaturated/α-hetero) is 1. The predicted octanol–water partition coefficient (Wildman–Crippen LogP) is 3.44. The van der Waals surface area contributed by atoms with E-state index in [0.717, 1.165) is 0 Å². The van der Waals surface area contributed by atoms with E-state index in [9.17, 15) is 18.0 Å². The van der Waals surface area contributed by atoms with Crippen molar-refractivity contribution in [3.05, 3.63) is 0 Å². The molecule has 1 nitrogen and oxygen atoms in total. The van der Waals surface area contributed by atoms with Crippen LogP contribution in [0.25, 0.3) is 0 Å². The van der Waals surface area contributed by atoms with Gasteiger partial charge >= 0.3 is 6.18 Å². The molecule has 0 aromatic heterocycles. The summed E-state index contributed by atoms with van der Waals surface area (Å²) < 4.78 is 37.4. The van der Waals surface area contributed by atoms with Gasteiger partial charge in [0.1, 0.15) is 11.7 Å². The standard InChI is InChI=1S/C10H17F3O/c1-6(2)5-8(10(11,12)13)9(14)7(3)4/h6-8H,5H2,1-4H3. The lowest BCUT2D eigenvalue weighted by Gasteiger charge is -2.22. The number of carbonyl (C=O) groups excluding carboxylic acids is 1. The first kappa shape index (κ1) is 13.5. The Morgan fingerprint density at radius 1 is 1.14 bits per heavy atom. The van der Waals surface area contributed by atoms with Gasteiger partial charge in [0.15, 0.2) is 0 Å². The molecular formula is C10H17F3O. The zero-order valence-electron chi connectivity index (χ0n) is 8.98. The Morgan fingerprint density at radius 3 is 1.79 bits per heavy atom. The van der Waals surface area contributed by atoms with E-state index in [0.29, 0.717) is 0 Å². The maximum atomic E-state index is 12.5. The maximum absolute atomic E-state index is 12.5. The van der Waals surface area contributed by atoms with Crippen LogP contribution in [0.3, 0.4) is 0 Å². The van der Waals surface area contributed by atoms with Gasteiger partial charge in [-0.15, -0.1) is 0 Å². The fourth-order valence-electron chi connectivity index (χ4n) is 1.28. The van der Waals surface area contributed by atoms with Gasteiger partial charge < -0.3 is 0 Å². The van der Waals surface area contributed by atoms with Crippen LogP contribution in [-0.4, -0.2) is 12.0 Å². The molecule has 0 bridgehead atoms. The quantitative estimate of drug-likeness (QED) is 0.694. The van der Waals surface area contributed by atoms with Gasteiger partial charge in [-0.05, 0) is 12.3 Å². The van der Waals surface area contributed by atoms with Crippen molar-refractivity contribution in [3.8, 4) is 0 Å². The van der Waals surface area contributed by atoms with Crippen molar-refractivity contribution in [1.29, 1.82) is 0 Å². The molecule has 84 valence electrons. The number of carbonyl (C=O) groups is 1. The zero-order valence-corrected chi connectivity index (χ0v) is 8.98. The minimum atomic E-state index is -4.40. The lowest BCUT2D eigenvalue weighted by molar-refractivity contribution is -0.186. The van der Waals surface area contributed by atoms with Crippen LogP contribution in [0, 0.1) is 17.8 Å². The van der Waals surface area contributed by atoms with E-state index < -0.39 is 23.8 Å². The Balaban J connectivity index is 4.65. The number of hydrogen-bond donors (Lipinski definition) is 0. The summed E-state index contributed by atoms with van der Waals surface area (Å²) in [5.41, 5.74) is 0. The molecule has 0 saturated carbocycles. The van der Waals surface area contributed by atoms with E-state index in [1.165, 1.54) is 13.8 Å². The molecule has 0 aliphatic heterocycles. The third-order valence-corrected chi connectivity index (χ3v) is 2.01. The second kappa shape index (κ2) is 4.80. The van der Waals surface area contributed by atoms with Crippen molar-refractivity contribution in [2.75, 3.05) is 0 Å². The molecule has 0 heterocycles. The minimum absolute atomic E-state index is 0.111. The molecule has 0 rings (SSSR count). The van der Waals surface area contributed by atoms with Crippen molar-refractivity contribution in [2.24, 2.45) is 17.8 Å². The molecule has 0 fully saturated rings. The predicted molar refractivity (Wildman–Crippen MR) is 48.8 cm³/mol. The Labute approximate surface area is 82.7 Å². The summed E-state index contributed by atoms with van der Waals surface area (Å²) in [5.74, 6) is -3.17. The minimum Gasteiger partial charge on any atom is -0.299 e. The highest BCUT2D eigenvalue weighted by Gasteiger charge is 2.44. The summed E-state index contributed by atoms with van der Waals surface area (Å²) in [6.45, 7) is 6.38. The average Bonchev–Trinajstić information content (AvgIpc) is 1.96. The molecule has 0 aromatic carbocycles. The molecule has 0 saturated heterocycles. The van der Waals surface area contributed by atoms with Crippen LogP contribution in [0.2, 0.25) is 0 Å². The van der Waals surface area contributed by atoms with E-state index in [1.54, 1.807) is 13.8 Å². The van der Waals surface area contributed by atoms with Crippen LogP contribution in [0.4, 0.5) is 13.2 Å². The number of hydrogen-bond acceptors (Lipinski definition) is 1. The van der Waals surface area contributed by atoms with Crippen molar-refractivity contribution in [1.82, 2.24) is 0 Å². The third-order valence-electron chi connectivity index (χ3n) is 2.01. The zero-order chi connectivity index (χ0) is 11.5. The van der Waals surface area contributed by atoms with Gasteiger partial charge in [0, 0.05) is 5.92 Å². The largest absolute Gasteiger partial charge is 0.398 e. The third kappa shape index (κ3) is 4.11. The van der Waals surface area contributed by atoms with E-state index in [-0.39, 0.29) is 12.3 Å². The SMILES string of the molecule is CC(C)CC(C(=O)C(C)C)C(F)(F)F. The molecule has 4 heteroatoms. The van der Waals surface area contributed by atoms with Gasteiger partial charge in [-0.2, -0.15) is 13.2 Å². The van der Waals surface area contributed by atoms with Gasteiger partial charge in [0.05, 0.1) is 0 Å². The molecule has 0 amide bonds. The summed E-state index contributed by atoms with van der Waals surface area (Å²) in [6, 6.07) is 0. The number of rotatable bonds is 4. The van der Waals surface area contributed by atoms with Gasteiger partial charge in [-0.1, -0.05) is 27.7 Å². The molecule has 0 N–H and O–H groups in total. The highest BCUT2D eigenvalue weighted by molar-refractivity contribution is 5.83. The van der Waals surface area contributed by atoms with Crippen LogP contribution >= 0.6 is 0 Å². The van der Waals surface area contributed by atoms with E-state index >= 15 is 0 Å². The molecule has 0 spiro atoms. The Hall–Kier alpha value is -0.540. The Morgan fingerprint density at radius 2 is 1.57 bits per heavy atom. The molecular weight excluding hydrogens is 193 g/mol. The first-order valence-electron chi connectivity index (χ1n) is 4.76. The molecule has 1 atom stereocenters. The van der Waals surface area contributed by atoms with Crippen LogP contribution in [-0.2, 0) is 4.79 Å². The lowest BCUT2D eigenvalue weighted by atomic mass is 9.88. The molecule has 14 heavy (non-hydrogen) atoms. The van der Waals surface area contributed by atoms with E-state index in [4.69, 9.17) is 0 Å². The van der Waals surface area contributed by atoms with Crippen LogP contribution in [0.15, 0.2) is 0 Å². The average molecular weight is 210 g/mol. The van der Waals surface area contributed by atoms with Gasteiger partial charge in [0.2, 0.25) is 0 Å². The summed E-state index contributed by atoms with van der Waals surface area (Å²) in [6.07, 6.45) is -4.51. The first-order valence-corrected chi connectivity index (χ1v) is 4.76. The molecule has 0 aliphatic carbocycles. The van der Waals surface area contributed by atoms with Gasteiger partial charge in [-0.25, -0.2) is 0 Å². The normalized spacial score (nSPS) is 14.9. The summed E-state index contributed by atoms with van der Waals surface area (Å²) in [5, 5.41) is 0. The number of halogens is 3. The number of ketones is 1. The Bertz CT molecular complexity index is 194. The van der Waals surface area contributed by atoms with E-state index in [2.05, 4.69) is 0 Å². The van der Waals surface area contributed by atoms with Crippen molar-refractivity contribution >= 4 is 5.78 Å². The second-order valence-corrected chi connectivity index (χ2v) is 4.28. The second-order valence-electron chi connectivity index (χ2n) is 4.28. The smallest absolute Gasteiger partial charge is 0.299 e. The topological polar surface area (TPSA) is 17.1 Å². The van der Waals surface area contributed by atoms with Crippen LogP contribution in [0.5, 0.6) is 0 Å². The summed E-state index contributed by atoms with van der Waals surface area (Å²) in [4.78, 5) is 11.3. The summed E-state index contributed by atoms with van der Waals surface area (Å²) >= 11 is 0. The molecule has 1 unspecified atom stereocenters. The van der Waals surface area contributed by atoms with Crippen LogP contribution < -0.4 is 0 Å². The lowest BCUT2D eigenvalue weighted by Crippen LogP contribution is -2.34. The fraction of sp³-hybridized carbons (Fsp3) is 0.900. The maximum Gasteiger partial charge on any atom is 0.398 e. The first-order chi connectivity index (χ1) is 6.16. The Kier molecular flexibility index (Phi) is 4.62. The molecule has 0 radical (unpaired) electrons. The van der Waals surface area contributed by atoms with Gasteiger partial charge in [0.25, 0.3) is 0 Å². The monoisotopic (exact) mass is 210 g/mol. The van der Waals surface area contributed by atoms with Crippen molar-refractivity contribution in [2.45, 2.75) is 40.3 Å². The molecule has 0 aliphatic rings. The van der Waals surface area contributed by atoms with Crippen molar-refractivity contribution < 1.29 is 18.0 Å². The fourth-order valence-corrected chi connectivity index (χ4v) is 1.28. The van der Waals surface area contributed by atoms with E-state index in [1.807, 2.05) is 0 Å². The highest BCUT2D eigenvalue weighted by atomic mass is 19.4.